The lowest BCUT2D eigenvalue weighted by Gasteiger charge is -2.27. The van der Waals surface area contributed by atoms with Crippen molar-refractivity contribution in [2.45, 2.75) is 45.1 Å². The van der Waals surface area contributed by atoms with Crippen molar-refractivity contribution in [3.63, 3.8) is 0 Å². The second kappa shape index (κ2) is 4.15. The monoisotopic (exact) mass is 233 g/mol. The molecule has 0 bridgehead atoms. The molecule has 0 amide bonds. The van der Waals surface area contributed by atoms with Gasteiger partial charge >= 0.3 is 5.97 Å². The molecule has 1 aliphatic carbocycles. The van der Waals surface area contributed by atoms with Crippen molar-refractivity contribution >= 4 is 5.97 Å². The van der Waals surface area contributed by atoms with E-state index < -0.39 is 5.97 Å². The van der Waals surface area contributed by atoms with E-state index in [0.29, 0.717) is 5.56 Å². The third kappa shape index (κ3) is 2.07. The Hall–Kier alpha value is -1.35. The van der Waals surface area contributed by atoms with Crippen molar-refractivity contribution in [2.24, 2.45) is 5.73 Å². The van der Waals surface area contributed by atoms with Gasteiger partial charge in [0.2, 0.25) is 0 Å². The van der Waals surface area contributed by atoms with Gasteiger partial charge < -0.3 is 10.8 Å². The second-order valence-electron chi connectivity index (χ2n) is 5.15. The Morgan fingerprint density at radius 1 is 1.24 bits per heavy atom. The summed E-state index contributed by atoms with van der Waals surface area (Å²) in [6, 6.07) is 3.71. The summed E-state index contributed by atoms with van der Waals surface area (Å²) in [4.78, 5) is 11.2. The normalized spacial score (nSPS) is 18.3. The highest BCUT2D eigenvalue weighted by Gasteiger charge is 2.33. The summed E-state index contributed by atoms with van der Waals surface area (Å²) in [5.74, 6) is -0.870. The van der Waals surface area contributed by atoms with Gasteiger partial charge in [0.05, 0.1) is 5.56 Å². The van der Waals surface area contributed by atoms with Crippen LogP contribution in [0, 0.1) is 13.8 Å². The predicted molar refractivity (Wildman–Crippen MR) is 67.2 cm³/mol. The molecule has 1 saturated carbocycles. The molecule has 1 fully saturated rings. The van der Waals surface area contributed by atoms with Crippen LogP contribution in [-0.4, -0.2) is 11.1 Å². The summed E-state index contributed by atoms with van der Waals surface area (Å²) in [6.45, 7) is 3.85. The topological polar surface area (TPSA) is 63.3 Å². The number of hydrogen-bond acceptors (Lipinski definition) is 2. The number of rotatable bonds is 2. The number of carbonyl (C=O) groups is 1. The molecule has 1 aromatic carbocycles. The molecule has 1 aromatic rings. The van der Waals surface area contributed by atoms with E-state index in [1.54, 1.807) is 6.07 Å². The van der Waals surface area contributed by atoms with Gasteiger partial charge in [0.15, 0.2) is 0 Å². The van der Waals surface area contributed by atoms with Gasteiger partial charge in [-0.3, -0.25) is 0 Å². The van der Waals surface area contributed by atoms with Gasteiger partial charge in [0.25, 0.3) is 0 Å². The van der Waals surface area contributed by atoms with Gasteiger partial charge in [-0.2, -0.15) is 0 Å². The molecule has 3 heteroatoms. The number of aromatic carboxylic acids is 1. The van der Waals surface area contributed by atoms with Crippen molar-refractivity contribution < 1.29 is 9.90 Å². The molecule has 17 heavy (non-hydrogen) atoms. The molecule has 1 aliphatic rings. The van der Waals surface area contributed by atoms with Crippen LogP contribution >= 0.6 is 0 Å². The molecule has 0 saturated heterocycles. The molecular formula is C14H19NO2. The molecule has 0 atom stereocenters. The Labute approximate surface area is 102 Å². The SMILES string of the molecule is Cc1cc(C)c(C2(N)CCCC2)cc1C(=O)O. The van der Waals surface area contributed by atoms with Gasteiger partial charge in [0, 0.05) is 5.54 Å². The van der Waals surface area contributed by atoms with Crippen molar-refractivity contribution in [1.29, 1.82) is 0 Å². The lowest BCUT2D eigenvalue weighted by Crippen LogP contribution is -2.34. The molecule has 0 unspecified atom stereocenters. The van der Waals surface area contributed by atoms with Crippen LogP contribution in [0.3, 0.4) is 0 Å². The first kappa shape index (κ1) is 12.1. The van der Waals surface area contributed by atoms with Crippen LogP contribution in [0.15, 0.2) is 12.1 Å². The summed E-state index contributed by atoms with van der Waals surface area (Å²) < 4.78 is 0. The number of nitrogens with two attached hydrogens (primary N) is 1. The first-order chi connectivity index (χ1) is 7.94. The summed E-state index contributed by atoms with van der Waals surface area (Å²) in [5.41, 5.74) is 9.39. The van der Waals surface area contributed by atoms with Crippen LogP contribution in [0.1, 0.15) is 52.7 Å². The summed E-state index contributed by atoms with van der Waals surface area (Å²) >= 11 is 0. The lowest BCUT2D eigenvalue weighted by molar-refractivity contribution is 0.0696. The fourth-order valence-electron chi connectivity index (χ4n) is 2.89. The summed E-state index contributed by atoms with van der Waals surface area (Å²) in [6.07, 6.45) is 4.17. The quantitative estimate of drug-likeness (QED) is 0.825. The molecule has 3 N–H and O–H groups in total. The van der Waals surface area contributed by atoms with E-state index >= 15 is 0 Å². The maximum atomic E-state index is 11.2. The maximum Gasteiger partial charge on any atom is 0.335 e. The van der Waals surface area contributed by atoms with Crippen LogP contribution in [0.4, 0.5) is 0 Å². The molecule has 0 heterocycles. The number of benzene rings is 1. The number of carboxylic acids is 1. The number of carboxylic acid groups (broad SMARTS) is 1. The highest BCUT2D eigenvalue weighted by molar-refractivity contribution is 5.89. The van der Waals surface area contributed by atoms with Gasteiger partial charge in [-0.25, -0.2) is 4.79 Å². The standard InChI is InChI=1S/C14H19NO2/c1-9-7-10(2)12(8-11(9)13(16)17)14(15)5-3-4-6-14/h7-8H,3-6,15H2,1-2H3,(H,16,17). The fourth-order valence-corrected chi connectivity index (χ4v) is 2.89. The molecule has 0 spiro atoms. The van der Waals surface area contributed by atoms with E-state index in [4.69, 9.17) is 10.8 Å². The smallest absolute Gasteiger partial charge is 0.335 e. The van der Waals surface area contributed by atoms with Crippen molar-refractivity contribution in [1.82, 2.24) is 0 Å². The first-order valence-electron chi connectivity index (χ1n) is 6.08. The van der Waals surface area contributed by atoms with Gasteiger partial charge in [-0.1, -0.05) is 18.9 Å². The Kier molecular flexibility index (Phi) is 2.96. The van der Waals surface area contributed by atoms with Crippen LogP contribution < -0.4 is 5.73 Å². The predicted octanol–water partition coefficient (Wildman–Crippen LogP) is 2.73. The Balaban J connectivity index is 2.54. The minimum absolute atomic E-state index is 0.317. The van der Waals surface area contributed by atoms with E-state index in [0.717, 1.165) is 42.4 Å². The Morgan fingerprint density at radius 3 is 2.35 bits per heavy atom. The van der Waals surface area contributed by atoms with Crippen molar-refractivity contribution in [3.05, 3.63) is 34.4 Å². The zero-order valence-electron chi connectivity index (χ0n) is 10.4. The lowest BCUT2D eigenvalue weighted by atomic mass is 9.84. The van der Waals surface area contributed by atoms with Crippen LogP contribution in [0.2, 0.25) is 0 Å². The van der Waals surface area contributed by atoms with Gasteiger partial charge in [-0.05, 0) is 49.4 Å². The number of aryl methyl sites for hydroxylation is 2. The van der Waals surface area contributed by atoms with E-state index in [2.05, 4.69) is 0 Å². The van der Waals surface area contributed by atoms with Crippen LogP contribution in [-0.2, 0) is 5.54 Å². The largest absolute Gasteiger partial charge is 0.478 e. The van der Waals surface area contributed by atoms with Gasteiger partial charge in [-0.15, -0.1) is 0 Å². The zero-order valence-corrected chi connectivity index (χ0v) is 10.4. The van der Waals surface area contributed by atoms with E-state index in [9.17, 15) is 4.79 Å². The van der Waals surface area contributed by atoms with Crippen LogP contribution in [0.25, 0.3) is 0 Å². The zero-order chi connectivity index (χ0) is 12.6. The first-order valence-corrected chi connectivity index (χ1v) is 6.08. The van der Waals surface area contributed by atoms with Crippen LogP contribution in [0.5, 0.6) is 0 Å². The minimum Gasteiger partial charge on any atom is -0.478 e. The highest BCUT2D eigenvalue weighted by Crippen LogP contribution is 2.38. The summed E-state index contributed by atoms with van der Waals surface area (Å²) in [5, 5.41) is 9.17. The molecule has 0 aromatic heterocycles. The number of hydrogen-bond donors (Lipinski definition) is 2. The Bertz CT molecular complexity index is 460. The minimum atomic E-state index is -0.870. The third-order valence-corrected chi connectivity index (χ3v) is 3.83. The molecule has 2 rings (SSSR count). The van der Waals surface area contributed by atoms with E-state index in [-0.39, 0.29) is 5.54 Å². The average Bonchev–Trinajstić information content (AvgIpc) is 2.65. The molecule has 0 aliphatic heterocycles. The highest BCUT2D eigenvalue weighted by atomic mass is 16.4. The van der Waals surface area contributed by atoms with Crippen molar-refractivity contribution in [2.75, 3.05) is 0 Å². The average molecular weight is 233 g/mol. The van der Waals surface area contributed by atoms with Gasteiger partial charge in [0.1, 0.15) is 0 Å². The fraction of sp³-hybridized carbons (Fsp3) is 0.500. The third-order valence-electron chi connectivity index (χ3n) is 3.83. The van der Waals surface area contributed by atoms with E-state index in [1.165, 1.54) is 0 Å². The van der Waals surface area contributed by atoms with E-state index in [1.807, 2.05) is 19.9 Å². The molecule has 0 radical (unpaired) electrons. The molecule has 3 nitrogen and oxygen atoms in total. The maximum absolute atomic E-state index is 11.2. The molecule has 92 valence electrons. The second-order valence-corrected chi connectivity index (χ2v) is 5.15. The molecular weight excluding hydrogens is 214 g/mol. The summed E-state index contributed by atoms with van der Waals surface area (Å²) in [7, 11) is 0. The van der Waals surface area contributed by atoms with Crippen molar-refractivity contribution in [3.8, 4) is 0 Å². The Morgan fingerprint density at radius 2 is 1.82 bits per heavy atom.